The van der Waals surface area contributed by atoms with Crippen molar-refractivity contribution in [3.63, 3.8) is 0 Å². The van der Waals surface area contributed by atoms with Crippen LogP contribution in [0.15, 0.2) is 42.5 Å². The van der Waals surface area contributed by atoms with Gasteiger partial charge in [0.05, 0.1) is 20.3 Å². The molecule has 2 aromatic rings. The molecule has 6 heteroatoms. The summed E-state index contributed by atoms with van der Waals surface area (Å²) in [5, 5.41) is 13.6. The number of fused-ring (bicyclic) bond motifs is 1. The number of methoxy groups -OCH3 is 1. The van der Waals surface area contributed by atoms with E-state index in [0.717, 1.165) is 16.5 Å². The number of rotatable bonds is 8. The van der Waals surface area contributed by atoms with Crippen molar-refractivity contribution in [2.75, 3.05) is 20.3 Å². The lowest BCUT2D eigenvalue weighted by molar-refractivity contribution is -0.146. The van der Waals surface area contributed by atoms with E-state index in [4.69, 9.17) is 9.84 Å². The summed E-state index contributed by atoms with van der Waals surface area (Å²) < 4.78 is 10.2. The van der Waals surface area contributed by atoms with Gasteiger partial charge in [0.25, 0.3) is 0 Å². The van der Waals surface area contributed by atoms with Crippen LogP contribution in [0, 0.1) is 0 Å². The zero-order chi connectivity index (χ0) is 17.4. The summed E-state index contributed by atoms with van der Waals surface area (Å²) in [6, 6.07) is 12.7. The van der Waals surface area contributed by atoms with Gasteiger partial charge in [0, 0.05) is 11.8 Å². The van der Waals surface area contributed by atoms with Crippen molar-refractivity contribution in [3.8, 4) is 5.75 Å². The molecule has 0 aliphatic carbocycles. The van der Waals surface area contributed by atoms with E-state index in [1.807, 2.05) is 42.5 Å². The largest absolute Gasteiger partial charge is 0.493 e. The minimum Gasteiger partial charge on any atom is -0.493 e. The van der Waals surface area contributed by atoms with Gasteiger partial charge in [-0.2, -0.15) is 0 Å². The Morgan fingerprint density at radius 3 is 2.67 bits per heavy atom. The molecule has 1 unspecified atom stereocenters. The number of aliphatic hydroxyl groups is 1. The number of ether oxygens (including phenoxy) is 2. The first-order chi connectivity index (χ1) is 11.7. The van der Waals surface area contributed by atoms with E-state index in [1.165, 1.54) is 7.11 Å². The van der Waals surface area contributed by atoms with Crippen LogP contribution in [0.5, 0.6) is 5.75 Å². The van der Waals surface area contributed by atoms with Gasteiger partial charge in [-0.1, -0.05) is 36.4 Å². The highest BCUT2D eigenvalue weighted by Gasteiger charge is 2.19. The molecule has 1 amide bonds. The normalized spacial score (nSPS) is 11.8. The maximum Gasteiger partial charge on any atom is 0.330 e. The van der Waals surface area contributed by atoms with Gasteiger partial charge in [-0.05, 0) is 17.9 Å². The Morgan fingerprint density at radius 1 is 1.17 bits per heavy atom. The molecular weight excluding hydrogens is 310 g/mol. The molecule has 0 aliphatic rings. The molecule has 2 N–H and O–H groups in total. The second-order valence-corrected chi connectivity index (χ2v) is 5.26. The van der Waals surface area contributed by atoms with Crippen LogP contribution in [-0.4, -0.2) is 43.3 Å². The smallest absolute Gasteiger partial charge is 0.330 e. The fraction of sp³-hybridized carbons (Fsp3) is 0.333. The number of nitrogens with one attached hydrogen (secondary N) is 1. The van der Waals surface area contributed by atoms with Crippen LogP contribution in [0.25, 0.3) is 10.8 Å². The van der Waals surface area contributed by atoms with E-state index >= 15 is 0 Å². The van der Waals surface area contributed by atoms with Gasteiger partial charge in [-0.3, -0.25) is 4.79 Å². The minimum absolute atomic E-state index is 0.193. The Kier molecular flexibility index (Phi) is 6.57. The molecule has 0 bridgehead atoms. The molecule has 0 aliphatic heterocycles. The Balaban J connectivity index is 1.80. The molecule has 128 valence electrons. The first-order valence-electron chi connectivity index (χ1n) is 7.74. The third-order valence-corrected chi connectivity index (χ3v) is 3.56. The SMILES string of the molecule is COC(=O)C(CO)NC(=O)CCCOc1cccc2ccccc12. The van der Waals surface area contributed by atoms with E-state index < -0.39 is 18.6 Å². The highest BCUT2D eigenvalue weighted by Crippen LogP contribution is 2.25. The summed E-state index contributed by atoms with van der Waals surface area (Å²) in [7, 11) is 1.20. The highest BCUT2D eigenvalue weighted by atomic mass is 16.5. The van der Waals surface area contributed by atoms with Crippen molar-refractivity contribution in [2.45, 2.75) is 18.9 Å². The fourth-order valence-electron chi connectivity index (χ4n) is 2.32. The van der Waals surface area contributed by atoms with E-state index in [9.17, 15) is 9.59 Å². The van der Waals surface area contributed by atoms with Crippen LogP contribution >= 0.6 is 0 Å². The summed E-state index contributed by atoms with van der Waals surface area (Å²) in [6.07, 6.45) is 0.687. The molecule has 0 heterocycles. The van der Waals surface area contributed by atoms with Crippen LogP contribution in [0.3, 0.4) is 0 Å². The Morgan fingerprint density at radius 2 is 1.92 bits per heavy atom. The second-order valence-electron chi connectivity index (χ2n) is 5.26. The Bertz CT molecular complexity index is 695. The summed E-state index contributed by atoms with van der Waals surface area (Å²) in [5.41, 5.74) is 0. The maximum atomic E-state index is 11.8. The van der Waals surface area contributed by atoms with E-state index in [1.54, 1.807) is 0 Å². The lowest BCUT2D eigenvalue weighted by Gasteiger charge is -2.14. The fourth-order valence-corrected chi connectivity index (χ4v) is 2.32. The maximum absolute atomic E-state index is 11.8. The number of benzene rings is 2. The van der Waals surface area contributed by atoms with E-state index in [-0.39, 0.29) is 12.3 Å². The number of hydrogen-bond donors (Lipinski definition) is 2. The molecule has 0 radical (unpaired) electrons. The molecule has 0 spiro atoms. The molecule has 0 fully saturated rings. The number of hydrogen-bond acceptors (Lipinski definition) is 5. The van der Waals surface area contributed by atoms with E-state index in [0.29, 0.717) is 13.0 Å². The molecule has 2 rings (SSSR count). The monoisotopic (exact) mass is 331 g/mol. The zero-order valence-electron chi connectivity index (χ0n) is 13.5. The lowest BCUT2D eigenvalue weighted by atomic mass is 10.1. The molecule has 2 aromatic carbocycles. The number of carbonyl (C=O) groups excluding carboxylic acids is 2. The number of esters is 1. The third kappa shape index (κ3) is 4.70. The average molecular weight is 331 g/mol. The van der Waals surface area contributed by atoms with Gasteiger partial charge < -0.3 is 19.9 Å². The zero-order valence-corrected chi connectivity index (χ0v) is 13.5. The van der Waals surface area contributed by atoms with Crippen molar-refractivity contribution < 1.29 is 24.2 Å². The van der Waals surface area contributed by atoms with Crippen LogP contribution in [0.2, 0.25) is 0 Å². The third-order valence-electron chi connectivity index (χ3n) is 3.56. The quantitative estimate of drug-likeness (QED) is 0.567. The predicted octanol–water partition coefficient (Wildman–Crippen LogP) is 1.65. The van der Waals surface area contributed by atoms with Gasteiger partial charge in [0.2, 0.25) is 5.91 Å². The van der Waals surface area contributed by atoms with Crippen LogP contribution < -0.4 is 10.1 Å². The van der Waals surface area contributed by atoms with Crippen LogP contribution in [-0.2, 0) is 14.3 Å². The summed E-state index contributed by atoms with van der Waals surface area (Å²) in [4.78, 5) is 23.1. The van der Waals surface area contributed by atoms with Gasteiger partial charge in [-0.25, -0.2) is 4.79 Å². The number of aliphatic hydroxyl groups excluding tert-OH is 1. The van der Waals surface area contributed by atoms with Crippen molar-refractivity contribution in [1.82, 2.24) is 5.32 Å². The van der Waals surface area contributed by atoms with E-state index in [2.05, 4.69) is 10.1 Å². The second kappa shape index (κ2) is 8.88. The first kappa shape index (κ1) is 17.7. The molecule has 6 nitrogen and oxygen atoms in total. The van der Waals surface area contributed by atoms with Crippen LogP contribution in [0.1, 0.15) is 12.8 Å². The first-order valence-corrected chi connectivity index (χ1v) is 7.74. The minimum atomic E-state index is -1.03. The lowest BCUT2D eigenvalue weighted by Crippen LogP contribution is -2.44. The standard InChI is InChI=1S/C18H21NO5/c1-23-18(22)15(12-20)19-17(21)10-5-11-24-16-9-4-7-13-6-2-3-8-14(13)16/h2-4,6-9,15,20H,5,10-12H2,1H3,(H,19,21). The molecular formula is C18H21NO5. The summed E-state index contributed by atoms with van der Waals surface area (Å²) in [5.74, 6) is -0.227. The van der Waals surface area contributed by atoms with Gasteiger partial charge in [0.15, 0.2) is 6.04 Å². The van der Waals surface area contributed by atoms with Gasteiger partial charge in [-0.15, -0.1) is 0 Å². The molecule has 0 saturated carbocycles. The van der Waals surface area contributed by atoms with Crippen molar-refractivity contribution in [3.05, 3.63) is 42.5 Å². The summed E-state index contributed by atoms with van der Waals surface area (Å²) in [6.45, 7) is -0.117. The van der Waals surface area contributed by atoms with Crippen molar-refractivity contribution in [2.24, 2.45) is 0 Å². The molecule has 0 aromatic heterocycles. The Labute approximate surface area is 140 Å². The average Bonchev–Trinajstić information content (AvgIpc) is 2.62. The topological polar surface area (TPSA) is 84.9 Å². The van der Waals surface area contributed by atoms with Crippen molar-refractivity contribution >= 4 is 22.6 Å². The molecule has 0 saturated heterocycles. The summed E-state index contributed by atoms with van der Waals surface area (Å²) >= 11 is 0. The van der Waals surface area contributed by atoms with Gasteiger partial charge in [0.1, 0.15) is 5.75 Å². The van der Waals surface area contributed by atoms with Crippen LogP contribution in [0.4, 0.5) is 0 Å². The number of amides is 1. The predicted molar refractivity (Wildman–Crippen MR) is 89.7 cm³/mol. The van der Waals surface area contributed by atoms with Crippen molar-refractivity contribution in [1.29, 1.82) is 0 Å². The van der Waals surface area contributed by atoms with Gasteiger partial charge >= 0.3 is 5.97 Å². The molecule has 24 heavy (non-hydrogen) atoms. The highest BCUT2D eigenvalue weighted by molar-refractivity contribution is 5.88. The molecule has 1 atom stereocenters. The Hall–Kier alpha value is -2.60. The number of carbonyl (C=O) groups is 2.